The highest BCUT2D eigenvalue weighted by Gasteiger charge is 2.59. The fraction of sp³-hybridized carbons (Fsp3) is 0.536. The third kappa shape index (κ3) is 3.00. The van der Waals surface area contributed by atoms with Gasteiger partial charge in [-0.15, -0.1) is 0 Å². The highest BCUT2D eigenvalue weighted by Crippen LogP contribution is 2.65. The molecule has 0 radical (unpaired) electrons. The quantitative estimate of drug-likeness (QED) is 0.639. The van der Waals surface area contributed by atoms with Crippen LogP contribution in [-0.2, 0) is 4.79 Å². The van der Waals surface area contributed by atoms with Gasteiger partial charge in [-0.3, -0.25) is 4.79 Å². The lowest BCUT2D eigenvalue weighted by atomic mass is 9.48. The lowest BCUT2D eigenvalue weighted by Crippen LogP contribution is -2.50. The molecule has 4 aliphatic rings. The number of allylic oxidation sites excluding steroid dienone is 1. The van der Waals surface area contributed by atoms with Crippen LogP contribution in [0.1, 0.15) is 63.4 Å². The lowest BCUT2D eigenvalue weighted by molar-refractivity contribution is -0.116. The summed E-state index contributed by atoms with van der Waals surface area (Å²) in [5.41, 5.74) is 3.93. The van der Waals surface area contributed by atoms with Gasteiger partial charge >= 0.3 is 0 Å². The molecule has 31 heavy (non-hydrogen) atoms. The van der Waals surface area contributed by atoms with Gasteiger partial charge in [-0.25, -0.2) is 0 Å². The first-order chi connectivity index (χ1) is 15.0. The molecule has 1 heterocycles. The molecule has 162 valence electrons. The van der Waals surface area contributed by atoms with Crippen molar-refractivity contribution in [1.82, 2.24) is 0 Å². The molecule has 3 fully saturated rings. The number of rotatable bonds is 2. The highest BCUT2D eigenvalue weighted by molar-refractivity contribution is 5.91. The van der Waals surface area contributed by atoms with E-state index in [1.807, 2.05) is 18.2 Å². The number of hydrogen-bond acceptors (Lipinski definition) is 3. The summed E-state index contributed by atoms with van der Waals surface area (Å²) >= 11 is 0. The Morgan fingerprint density at radius 2 is 1.84 bits per heavy atom. The second-order valence-corrected chi connectivity index (χ2v) is 10.7. The van der Waals surface area contributed by atoms with Crippen LogP contribution in [0.15, 0.2) is 58.7 Å². The van der Waals surface area contributed by atoms with Crippen molar-refractivity contribution in [3.63, 3.8) is 0 Å². The van der Waals surface area contributed by atoms with Crippen LogP contribution in [0.4, 0.5) is 0 Å². The van der Waals surface area contributed by atoms with Crippen molar-refractivity contribution in [3.8, 4) is 11.3 Å². The molecular weight excluding hydrogens is 384 g/mol. The van der Waals surface area contributed by atoms with Crippen molar-refractivity contribution in [2.45, 2.75) is 63.9 Å². The van der Waals surface area contributed by atoms with Crippen LogP contribution in [0.25, 0.3) is 11.3 Å². The lowest BCUT2D eigenvalue weighted by Gasteiger charge is -2.57. The van der Waals surface area contributed by atoms with Crippen LogP contribution in [0.2, 0.25) is 0 Å². The molecule has 2 aromatic rings. The summed E-state index contributed by atoms with van der Waals surface area (Å²) in [6, 6.07) is 12.9. The van der Waals surface area contributed by atoms with Gasteiger partial charge in [-0.05, 0) is 97.3 Å². The molecule has 0 unspecified atom stereocenters. The standard InChI is InChI=1S/C28H32O3/c1-28-16-23(17-4-6-18(7-5-17)25-3-2-14-31-25)27-21-11-9-20(29)15-19(21)8-10-22(27)24(28)12-13-26(28)30/h2-7,14-15,21-24,26-27,30H,8-13,16H2,1H3/t21-,22-,23+,24-,26-,27+,28-/m0/s1. The molecule has 0 saturated heterocycles. The van der Waals surface area contributed by atoms with Crippen LogP contribution in [0, 0.1) is 29.1 Å². The van der Waals surface area contributed by atoms with Gasteiger partial charge in [0.15, 0.2) is 5.78 Å². The van der Waals surface area contributed by atoms with Crippen LogP contribution in [0.3, 0.4) is 0 Å². The number of furan rings is 1. The number of benzene rings is 1. The van der Waals surface area contributed by atoms with Crippen molar-refractivity contribution in [3.05, 3.63) is 59.9 Å². The first kappa shape index (κ1) is 19.5. The van der Waals surface area contributed by atoms with Crippen LogP contribution >= 0.6 is 0 Å². The van der Waals surface area contributed by atoms with E-state index in [4.69, 9.17) is 4.42 Å². The molecule has 6 rings (SSSR count). The largest absolute Gasteiger partial charge is 0.464 e. The van der Waals surface area contributed by atoms with E-state index in [1.165, 1.54) is 17.6 Å². The van der Waals surface area contributed by atoms with E-state index in [1.54, 1.807) is 6.26 Å². The Balaban J connectivity index is 1.41. The average molecular weight is 417 g/mol. The fourth-order valence-corrected chi connectivity index (χ4v) is 7.96. The van der Waals surface area contributed by atoms with Gasteiger partial charge < -0.3 is 9.52 Å². The smallest absolute Gasteiger partial charge is 0.155 e. The number of carbonyl (C=O) groups excluding carboxylic acids is 1. The van der Waals surface area contributed by atoms with E-state index in [2.05, 4.69) is 31.2 Å². The molecule has 3 saturated carbocycles. The topological polar surface area (TPSA) is 50.4 Å². The summed E-state index contributed by atoms with van der Waals surface area (Å²) in [7, 11) is 0. The second-order valence-electron chi connectivity index (χ2n) is 10.7. The summed E-state index contributed by atoms with van der Waals surface area (Å²) < 4.78 is 5.59. The average Bonchev–Trinajstić information content (AvgIpc) is 3.42. The first-order valence-electron chi connectivity index (χ1n) is 12.1. The third-order valence-corrected chi connectivity index (χ3v) is 9.39. The predicted molar refractivity (Wildman–Crippen MR) is 120 cm³/mol. The molecule has 7 atom stereocenters. The summed E-state index contributed by atoms with van der Waals surface area (Å²) in [5, 5.41) is 11.0. The minimum Gasteiger partial charge on any atom is -0.464 e. The van der Waals surface area contributed by atoms with Gasteiger partial charge in [0.1, 0.15) is 5.76 Å². The van der Waals surface area contributed by atoms with Crippen molar-refractivity contribution < 1.29 is 14.3 Å². The molecule has 0 amide bonds. The van der Waals surface area contributed by atoms with Crippen molar-refractivity contribution in [2.24, 2.45) is 29.1 Å². The van der Waals surface area contributed by atoms with Gasteiger partial charge in [-0.1, -0.05) is 36.8 Å². The highest BCUT2D eigenvalue weighted by atomic mass is 16.3. The van der Waals surface area contributed by atoms with E-state index in [0.29, 0.717) is 41.8 Å². The first-order valence-corrected chi connectivity index (χ1v) is 12.1. The maximum absolute atomic E-state index is 12.1. The van der Waals surface area contributed by atoms with Crippen LogP contribution in [-0.4, -0.2) is 17.0 Å². The molecule has 1 aromatic heterocycles. The van der Waals surface area contributed by atoms with Gasteiger partial charge in [0.05, 0.1) is 12.4 Å². The van der Waals surface area contributed by atoms with Crippen molar-refractivity contribution in [1.29, 1.82) is 0 Å². The zero-order chi connectivity index (χ0) is 21.2. The van der Waals surface area contributed by atoms with Gasteiger partial charge in [0, 0.05) is 12.0 Å². The van der Waals surface area contributed by atoms with E-state index in [-0.39, 0.29) is 11.5 Å². The zero-order valence-electron chi connectivity index (χ0n) is 18.3. The molecule has 0 aliphatic heterocycles. The minimum absolute atomic E-state index is 0.0111. The molecular formula is C28H32O3. The second kappa shape index (κ2) is 7.20. The van der Waals surface area contributed by atoms with E-state index < -0.39 is 0 Å². The molecule has 3 heteroatoms. The van der Waals surface area contributed by atoms with Gasteiger partial charge in [-0.2, -0.15) is 0 Å². The zero-order valence-corrected chi connectivity index (χ0v) is 18.3. The van der Waals surface area contributed by atoms with E-state index in [9.17, 15) is 9.90 Å². The van der Waals surface area contributed by atoms with Crippen LogP contribution < -0.4 is 0 Å². The van der Waals surface area contributed by atoms with E-state index in [0.717, 1.165) is 43.4 Å². The molecule has 3 nitrogen and oxygen atoms in total. The number of ketones is 1. The monoisotopic (exact) mass is 416 g/mol. The Kier molecular flexibility index (Phi) is 4.54. The Bertz CT molecular complexity index is 1000. The molecule has 0 spiro atoms. The summed E-state index contributed by atoms with van der Waals surface area (Å²) in [6.07, 6.45) is 10.6. The van der Waals surface area contributed by atoms with Crippen molar-refractivity contribution >= 4 is 5.78 Å². The normalized spacial score (nSPS) is 39.4. The summed E-state index contributed by atoms with van der Waals surface area (Å²) in [4.78, 5) is 12.1. The number of carbonyl (C=O) groups is 1. The maximum Gasteiger partial charge on any atom is 0.155 e. The number of aliphatic hydroxyl groups excluding tert-OH is 1. The number of fused-ring (bicyclic) bond motifs is 5. The molecule has 4 aliphatic carbocycles. The van der Waals surface area contributed by atoms with Gasteiger partial charge in [0.25, 0.3) is 0 Å². The Labute approximate surface area is 184 Å². The maximum atomic E-state index is 12.1. The number of aliphatic hydroxyl groups is 1. The van der Waals surface area contributed by atoms with E-state index >= 15 is 0 Å². The number of hydrogen-bond donors (Lipinski definition) is 1. The minimum atomic E-state index is -0.187. The molecule has 1 aromatic carbocycles. The summed E-state index contributed by atoms with van der Waals surface area (Å²) in [6.45, 7) is 2.35. The van der Waals surface area contributed by atoms with Crippen LogP contribution in [0.5, 0.6) is 0 Å². The van der Waals surface area contributed by atoms with Gasteiger partial charge in [0.2, 0.25) is 0 Å². The molecule has 0 bridgehead atoms. The fourth-order valence-electron chi connectivity index (χ4n) is 7.96. The van der Waals surface area contributed by atoms with Crippen molar-refractivity contribution in [2.75, 3.05) is 0 Å². The third-order valence-electron chi connectivity index (χ3n) is 9.39. The summed E-state index contributed by atoms with van der Waals surface area (Å²) in [5.74, 6) is 4.05. The Morgan fingerprint density at radius 1 is 1.00 bits per heavy atom. The SMILES string of the molecule is C[C@]12C[C@H](c3ccc(-c4ccco4)cc3)[C@H]3[C@@H](CCC4=CC(=O)CC[C@@H]43)[C@@H]1CC[C@@H]2O. The Morgan fingerprint density at radius 3 is 2.61 bits per heavy atom. The molecule has 1 N–H and O–H groups in total. The predicted octanol–water partition coefficient (Wildman–Crippen LogP) is 6.14. The Hall–Kier alpha value is -2.13.